The molecule has 10 heteroatoms. The van der Waals surface area contributed by atoms with Gasteiger partial charge in [-0.05, 0) is 37.1 Å². The lowest BCUT2D eigenvalue weighted by Gasteiger charge is -2.14. The zero-order valence-electron chi connectivity index (χ0n) is 18.7. The molecule has 0 spiro atoms. The van der Waals surface area contributed by atoms with Crippen LogP contribution in [0.25, 0.3) is 0 Å². The Labute approximate surface area is 194 Å². The summed E-state index contributed by atoms with van der Waals surface area (Å²) in [5.41, 5.74) is 13.2. The molecule has 172 valence electrons. The summed E-state index contributed by atoms with van der Waals surface area (Å²) in [4.78, 5) is 19.2. The zero-order valence-corrected chi connectivity index (χ0v) is 18.7. The average molecular weight is 447 g/mol. The molecule has 0 aliphatic carbocycles. The molecule has 2 aromatic heterocycles. The fourth-order valence-corrected chi connectivity index (χ4v) is 3.08. The van der Waals surface area contributed by atoms with Crippen molar-refractivity contribution in [2.24, 2.45) is 21.5 Å². The molecule has 0 unspecified atom stereocenters. The van der Waals surface area contributed by atoms with E-state index in [9.17, 15) is 10.5 Å². The van der Waals surface area contributed by atoms with Gasteiger partial charge in [0, 0.05) is 37.9 Å². The van der Waals surface area contributed by atoms with Gasteiger partial charge in [0.25, 0.3) is 0 Å². The van der Waals surface area contributed by atoms with Gasteiger partial charge in [0.15, 0.2) is 12.4 Å². The standard InChI is InChI=1S/C23H30N10/c24-18-32(22(26)30-20-8-12-28-13-9-20)16-6-4-2-1-3-5-7-17-33(19-25)23(27)31-21-10-14-29-15-11-21/h8-15H,1-7,16-17H2,(H2,26,28,30)(H2,27,29,31). The zero-order chi connectivity index (χ0) is 23.7. The number of nitrogens with two attached hydrogens (primary N) is 2. The van der Waals surface area contributed by atoms with Crippen LogP contribution in [0.3, 0.4) is 0 Å². The van der Waals surface area contributed by atoms with Gasteiger partial charge < -0.3 is 11.5 Å². The molecule has 0 amide bonds. The van der Waals surface area contributed by atoms with Crippen LogP contribution in [0.5, 0.6) is 0 Å². The molecule has 10 nitrogen and oxygen atoms in total. The van der Waals surface area contributed by atoms with Crippen molar-refractivity contribution >= 4 is 23.3 Å². The molecule has 0 saturated heterocycles. The normalized spacial score (nSPS) is 11.5. The summed E-state index contributed by atoms with van der Waals surface area (Å²) in [7, 11) is 0. The first kappa shape index (κ1) is 25.1. The molecule has 0 fully saturated rings. The molecular formula is C23H30N10. The minimum absolute atomic E-state index is 0.192. The molecule has 33 heavy (non-hydrogen) atoms. The predicted molar refractivity (Wildman–Crippen MR) is 128 cm³/mol. The van der Waals surface area contributed by atoms with Crippen LogP contribution < -0.4 is 11.5 Å². The monoisotopic (exact) mass is 446 g/mol. The second-order valence-corrected chi connectivity index (χ2v) is 7.33. The van der Waals surface area contributed by atoms with Gasteiger partial charge in [-0.25, -0.2) is 19.8 Å². The molecule has 2 aromatic rings. The summed E-state index contributed by atoms with van der Waals surface area (Å²) < 4.78 is 0. The molecule has 4 N–H and O–H groups in total. The molecule has 0 aliphatic rings. The van der Waals surface area contributed by atoms with E-state index in [0.29, 0.717) is 24.5 Å². The molecule has 0 radical (unpaired) electrons. The fraction of sp³-hybridized carbons (Fsp3) is 0.391. The van der Waals surface area contributed by atoms with E-state index < -0.39 is 0 Å². The summed E-state index contributed by atoms with van der Waals surface area (Å²) in [5.74, 6) is 0.384. The van der Waals surface area contributed by atoms with Crippen LogP contribution in [-0.4, -0.2) is 44.8 Å². The average Bonchev–Trinajstić information content (AvgIpc) is 2.84. The van der Waals surface area contributed by atoms with Crippen LogP contribution >= 0.6 is 0 Å². The topological polar surface area (TPSA) is 157 Å². The van der Waals surface area contributed by atoms with Crippen molar-refractivity contribution in [3.8, 4) is 12.4 Å². The molecule has 0 aromatic carbocycles. The Morgan fingerprint density at radius 3 is 1.33 bits per heavy atom. The summed E-state index contributed by atoms with van der Waals surface area (Å²) in [5, 5.41) is 18.6. The summed E-state index contributed by atoms with van der Waals surface area (Å²) in [6.45, 7) is 1.09. The summed E-state index contributed by atoms with van der Waals surface area (Å²) in [6, 6.07) is 6.95. The van der Waals surface area contributed by atoms with Crippen molar-refractivity contribution in [3.63, 3.8) is 0 Å². The lowest BCUT2D eigenvalue weighted by molar-refractivity contribution is 0.488. The first-order chi connectivity index (χ1) is 16.1. The van der Waals surface area contributed by atoms with E-state index in [0.717, 1.165) is 44.9 Å². The van der Waals surface area contributed by atoms with Crippen molar-refractivity contribution in [3.05, 3.63) is 49.1 Å². The summed E-state index contributed by atoms with van der Waals surface area (Å²) >= 11 is 0. The van der Waals surface area contributed by atoms with Crippen LogP contribution in [0, 0.1) is 22.9 Å². The SMILES string of the molecule is N#CN(CCCCCCCCCN(C#N)C(N)=Nc1ccncc1)C(N)=Nc1ccncc1. The number of unbranched alkanes of at least 4 members (excludes halogenated alkanes) is 6. The van der Waals surface area contributed by atoms with Gasteiger partial charge in [-0.3, -0.25) is 9.97 Å². The van der Waals surface area contributed by atoms with Crippen molar-refractivity contribution < 1.29 is 0 Å². The number of nitriles is 2. The Kier molecular flexibility index (Phi) is 11.2. The maximum atomic E-state index is 9.32. The van der Waals surface area contributed by atoms with Gasteiger partial charge in [-0.15, -0.1) is 0 Å². The Balaban J connectivity index is 1.58. The van der Waals surface area contributed by atoms with Crippen LogP contribution in [0.15, 0.2) is 59.0 Å². The van der Waals surface area contributed by atoms with Crippen LogP contribution in [0.4, 0.5) is 11.4 Å². The van der Waals surface area contributed by atoms with E-state index in [1.165, 1.54) is 9.80 Å². The number of hydrogen-bond donors (Lipinski definition) is 2. The largest absolute Gasteiger partial charge is 0.369 e. The molecule has 0 bridgehead atoms. The number of hydrogen-bond acceptors (Lipinski definition) is 6. The van der Waals surface area contributed by atoms with E-state index >= 15 is 0 Å². The highest BCUT2D eigenvalue weighted by Crippen LogP contribution is 2.12. The number of aromatic nitrogens is 2. The number of guanidine groups is 2. The Bertz CT molecular complexity index is 881. The first-order valence-corrected chi connectivity index (χ1v) is 11.0. The van der Waals surface area contributed by atoms with Crippen LogP contribution in [0.1, 0.15) is 44.9 Å². The van der Waals surface area contributed by atoms with Crippen molar-refractivity contribution in [1.29, 1.82) is 10.5 Å². The first-order valence-electron chi connectivity index (χ1n) is 11.0. The van der Waals surface area contributed by atoms with E-state index in [1.54, 1.807) is 49.1 Å². The highest BCUT2D eigenvalue weighted by molar-refractivity contribution is 5.82. The number of aliphatic imine (C=N–C) groups is 2. The Morgan fingerprint density at radius 1 is 0.667 bits per heavy atom. The van der Waals surface area contributed by atoms with E-state index in [1.807, 2.05) is 0 Å². The Hall–Kier alpha value is -4.18. The highest BCUT2D eigenvalue weighted by atomic mass is 15.2. The third kappa shape index (κ3) is 9.66. The molecular weight excluding hydrogens is 416 g/mol. The van der Waals surface area contributed by atoms with Gasteiger partial charge in [0.05, 0.1) is 11.4 Å². The highest BCUT2D eigenvalue weighted by Gasteiger charge is 2.08. The predicted octanol–water partition coefficient (Wildman–Crippen LogP) is 3.37. The fourth-order valence-electron chi connectivity index (χ4n) is 3.08. The van der Waals surface area contributed by atoms with Crippen molar-refractivity contribution in [1.82, 2.24) is 19.8 Å². The lowest BCUT2D eigenvalue weighted by atomic mass is 10.1. The van der Waals surface area contributed by atoms with E-state index in [2.05, 4.69) is 32.3 Å². The maximum Gasteiger partial charge on any atom is 0.209 e. The molecule has 0 saturated carbocycles. The molecule has 0 aliphatic heterocycles. The minimum Gasteiger partial charge on any atom is -0.369 e. The molecule has 0 atom stereocenters. The van der Waals surface area contributed by atoms with Gasteiger partial charge in [0.2, 0.25) is 11.9 Å². The molecule has 2 rings (SSSR count). The van der Waals surface area contributed by atoms with Crippen molar-refractivity contribution in [2.75, 3.05) is 13.1 Å². The van der Waals surface area contributed by atoms with Crippen LogP contribution in [0.2, 0.25) is 0 Å². The Morgan fingerprint density at radius 2 is 1.00 bits per heavy atom. The summed E-state index contributed by atoms with van der Waals surface area (Å²) in [6.07, 6.45) is 17.7. The second kappa shape index (κ2) is 14.8. The lowest BCUT2D eigenvalue weighted by Crippen LogP contribution is -2.34. The number of nitrogens with zero attached hydrogens (tertiary/aromatic N) is 8. The van der Waals surface area contributed by atoms with E-state index in [-0.39, 0.29) is 11.9 Å². The van der Waals surface area contributed by atoms with E-state index in [4.69, 9.17) is 11.5 Å². The van der Waals surface area contributed by atoms with Gasteiger partial charge in [-0.1, -0.05) is 32.1 Å². The number of rotatable bonds is 12. The van der Waals surface area contributed by atoms with Gasteiger partial charge in [0.1, 0.15) is 0 Å². The number of pyridine rings is 2. The smallest absolute Gasteiger partial charge is 0.209 e. The third-order valence-electron chi connectivity index (χ3n) is 4.87. The minimum atomic E-state index is 0.192. The quantitative estimate of drug-likeness (QED) is 0.165. The van der Waals surface area contributed by atoms with Gasteiger partial charge in [-0.2, -0.15) is 10.5 Å². The third-order valence-corrected chi connectivity index (χ3v) is 4.87. The molecule has 2 heterocycles. The van der Waals surface area contributed by atoms with Gasteiger partial charge >= 0.3 is 0 Å². The second-order valence-electron chi connectivity index (χ2n) is 7.33. The maximum absolute atomic E-state index is 9.32. The van der Waals surface area contributed by atoms with Crippen molar-refractivity contribution in [2.45, 2.75) is 44.9 Å². The van der Waals surface area contributed by atoms with Crippen LogP contribution in [-0.2, 0) is 0 Å².